The van der Waals surface area contributed by atoms with Gasteiger partial charge in [-0.15, -0.1) is 11.8 Å². The molecular weight excluding hydrogens is 276 g/mol. The van der Waals surface area contributed by atoms with Crippen molar-refractivity contribution < 1.29 is 14.3 Å². The highest BCUT2D eigenvalue weighted by Gasteiger charge is 2.23. The van der Waals surface area contributed by atoms with Gasteiger partial charge in [0.05, 0.1) is 11.4 Å². The summed E-state index contributed by atoms with van der Waals surface area (Å²) in [6.45, 7) is 1.12. The van der Waals surface area contributed by atoms with E-state index < -0.39 is 0 Å². The van der Waals surface area contributed by atoms with Crippen molar-refractivity contribution in [3.8, 4) is 0 Å². The molecule has 106 valence electrons. The summed E-state index contributed by atoms with van der Waals surface area (Å²) >= 11 is 1.53. The number of fused-ring (bicyclic) bond motifs is 1. The van der Waals surface area contributed by atoms with Crippen LogP contribution in [0.3, 0.4) is 0 Å². The Morgan fingerprint density at radius 3 is 3.20 bits per heavy atom. The number of hydrogen-bond acceptors (Lipinski definition) is 4. The van der Waals surface area contributed by atoms with E-state index in [0.29, 0.717) is 18.9 Å². The molecule has 1 aromatic rings. The predicted octanol–water partition coefficient (Wildman–Crippen LogP) is 1.53. The van der Waals surface area contributed by atoms with Crippen LogP contribution in [0.2, 0.25) is 0 Å². The van der Waals surface area contributed by atoms with E-state index in [4.69, 9.17) is 4.74 Å². The number of anilines is 1. The minimum atomic E-state index is -0.303. The van der Waals surface area contributed by atoms with Crippen molar-refractivity contribution in [2.45, 2.75) is 30.4 Å². The van der Waals surface area contributed by atoms with Gasteiger partial charge < -0.3 is 15.4 Å². The number of nitrogens with one attached hydrogen (secondary N) is 2. The average Bonchev–Trinajstić information content (AvgIpc) is 2.98. The van der Waals surface area contributed by atoms with Crippen LogP contribution >= 0.6 is 11.8 Å². The molecule has 5 nitrogen and oxygen atoms in total. The molecule has 2 heterocycles. The summed E-state index contributed by atoms with van der Waals surface area (Å²) in [7, 11) is 0. The molecule has 1 aromatic carbocycles. The molecule has 2 aliphatic heterocycles. The molecule has 0 spiro atoms. The first kappa shape index (κ1) is 13.5. The summed E-state index contributed by atoms with van der Waals surface area (Å²) < 4.78 is 5.34. The maximum atomic E-state index is 11.8. The average molecular weight is 292 g/mol. The van der Waals surface area contributed by atoms with Crippen LogP contribution in [0.4, 0.5) is 5.69 Å². The van der Waals surface area contributed by atoms with Gasteiger partial charge >= 0.3 is 0 Å². The van der Waals surface area contributed by atoms with Crippen molar-refractivity contribution >= 4 is 29.3 Å². The zero-order valence-corrected chi connectivity index (χ0v) is 11.8. The Balaban J connectivity index is 1.61. The molecule has 0 bridgehead atoms. The van der Waals surface area contributed by atoms with Gasteiger partial charge in [0.2, 0.25) is 11.8 Å². The highest BCUT2D eigenvalue weighted by molar-refractivity contribution is 8.00. The minimum Gasteiger partial charge on any atom is -0.368 e. The Morgan fingerprint density at radius 2 is 2.40 bits per heavy atom. The Hall–Kier alpha value is -1.53. The first-order valence-electron chi connectivity index (χ1n) is 6.67. The standard InChI is InChI=1S/C14H16N2O3S/c17-13-8-20-12-4-3-9(6-10(12)16-13)7-15-14(18)11-2-1-5-19-11/h3-4,6,11H,1-2,5,7-8H2,(H,15,18)(H,16,17). The molecule has 0 aliphatic carbocycles. The number of thioether (sulfide) groups is 1. The fourth-order valence-electron chi connectivity index (χ4n) is 2.33. The highest BCUT2D eigenvalue weighted by atomic mass is 32.2. The molecule has 2 N–H and O–H groups in total. The molecule has 0 radical (unpaired) electrons. The molecule has 1 atom stereocenters. The van der Waals surface area contributed by atoms with Crippen molar-refractivity contribution in [1.29, 1.82) is 0 Å². The third-order valence-electron chi connectivity index (χ3n) is 3.37. The Morgan fingerprint density at radius 1 is 1.50 bits per heavy atom. The largest absolute Gasteiger partial charge is 0.368 e. The molecule has 0 saturated carbocycles. The molecule has 3 rings (SSSR count). The van der Waals surface area contributed by atoms with Gasteiger partial charge in [0, 0.05) is 18.0 Å². The first-order valence-corrected chi connectivity index (χ1v) is 7.66. The molecule has 1 unspecified atom stereocenters. The number of ether oxygens (including phenoxy) is 1. The summed E-state index contributed by atoms with van der Waals surface area (Å²) in [5.41, 5.74) is 1.80. The third-order valence-corrected chi connectivity index (χ3v) is 4.44. The molecule has 0 aromatic heterocycles. The quantitative estimate of drug-likeness (QED) is 0.886. The molecular formula is C14H16N2O3S. The smallest absolute Gasteiger partial charge is 0.249 e. The predicted molar refractivity (Wildman–Crippen MR) is 76.6 cm³/mol. The van der Waals surface area contributed by atoms with E-state index in [2.05, 4.69) is 10.6 Å². The highest BCUT2D eigenvalue weighted by Crippen LogP contribution is 2.31. The summed E-state index contributed by atoms with van der Waals surface area (Å²) in [6, 6.07) is 5.86. The summed E-state index contributed by atoms with van der Waals surface area (Å²) in [6.07, 6.45) is 1.44. The van der Waals surface area contributed by atoms with E-state index in [1.165, 1.54) is 11.8 Å². The Labute approximate surface area is 121 Å². The molecule has 20 heavy (non-hydrogen) atoms. The van der Waals surface area contributed by atoms with Crippen LogP contribution in [-0.4, -0.2) is 30.3 Å². The van der Waals surface area contributed by atoms with Crippen molar-refractivity contribution in [1.82, 2.24) is 5.32 Å². The molecule has 6 heteroatoms. The van der Waals surface area contributed by atoms with Gasteiger partial charge in [-0.2, -0.15) is 0 Å². The monoisotopic (exact) mass is 292 g/mol. The van der Waals surface area contributed by atoms with Crippen LogP contribution < -0.4 is 10.6 Å². The minimum absolute atomic E-state index is 0.0167. The van der Waals surface area contributed by atoms with Crippen LogP contribution in [0.25, 0.3) is 0 Å². The molecule has 2 amide bonds. The van der Waals surface area contributed by atoms with E-state index in [0.717, 1.165) is 29.0 Å². The fourth-order valence-corrected chi connectivity index (χ4v) is 3.12. The van der Waals surface area contributed by atoms with Crippen LogP contribution in [0.15, 0.2) is 23.1 Å². The Bertz CT molecular complexity index is 541. The van der Waals surface area contributed by atoms with Crippen LogP contribution in [0.1, 0.15) is 18.4 Å². The van der Waals surface area contributed by atoms with Crippen molar-refractivity contribution in [3.63, 3.8) is 0 Å². The van der Waals surface area contributed by atoms with Crippen LogP contribution in [0, 0.1) is 0 Å². The summed E-state index contributed by atoms with van der Waals surface area (Å²) in [5.74, 6) is 0.420. The van der Waals surface area contributed by atoms with Crippen molar-refractivity contribution in [2.75, 3.05) is 17.7 Å². The van der Waals surface area contributed by atoms with Gasteiger partial charge in [-0.1, -0.05) is 6.07 Å². The molecule has 2 aliphatic rings. The normalized spacial score (nSPS) is 21.2. The maximum Gasteiger partial charge on any atom is 0.249 e. The number of benzene rings is 1. The topological polar surface area (TPSA) is 67.4 Å². The van der Waals surface area contributed by atoms with E-state index in [9.17, 15) is 9.59 Å². The van der Waals surface area contributed by atoms with E-state index in [1.807, 2.05) is 18.2 Å². The third kappa shape index (κ3) is 2.96. The lowest BCUT2D eigenvalue weighted by Crippen LogP contribution is -2.33. The number of hydrogen-bond donors (Lipinski definition) is 2. The van der Waals surface area contributed by atoms with E-state index >= 15 is 0 Å². The van der Waals surface area contributed by atoms with E-state index in [1.54, 1.807) is 0 Å². The van der Waals surface area contributed by atoms with Gasteiger partial charge in [-0.3, -0.25) is 9.59 Å². The first-order chi connectivity index (χ1) is 9.72. The second-order valence-electron chi connectivity index (χ2n) is 4.89. The lowest BCUT2D eigenvalue weighted by atomic mass is 10.2. The molecule has 1 fully saturated rings. The summed E-state index contributed by atoms with van der Waals surface area (Å²) in [5, 5.41) is 5.72. The van der Waals surface area contributed by atoms with Crippen molar-refractivity contribution in [2.24, 2.45) is 0 Å². The fraction of sp³-hybridized carbons (Fsp3) is 0.429. The lowest BCUT2D eigenvalue weighted by Gasteiger charge is -2.17. The SMILES string of the molecule is O=C1CSc2ccc(CNC(=O)C3CCCO3)cc2N1. The van der Waals surface area contributed by atoms with Crippen molar-refractivity contribution in [3.05, 3.63) is 23.8 Å². The Kier molecular flexibility index (Phi) is 3.93. The maximum absolute atomic E-state index is 11.8. The summed E-state index contributed by atoms with van der Waals surface area (Å²) in [4.78, 5) is 24.3. The second kappa shape index (κ2) is 5.85. The van der Waals surface area contributed by atoms with Gasteiger partial charge in [0.15, 0.2) is 0 Å². The van der Waals surface area contributed by atoms with Gasteiger partial charge in [-0.05, 0) is 30.5 Å². The number of amides is 2. The zero-order chi connectivity index (χ0) is 13.9. The van der Waals surface area contributed by atoms with Gasteiger partial charge in [0.25, 0.3) is 0 Å². The van der Waals surface area contributed by atoms with Gasteiger partial charge in [-0.25, -0.2) is 0 Å². The second-order valence-corrected chi connectivity index (χ2v) is 5.90. The number of carbonyl (C=O) groups excluding carboxylic acids is 2. The van der Waals surface area contributed by atoms with Crippen LogP contribution in [-0.2, 0) is 20.9 Å². The zero-order valence-electron chi connectivity index (χ0n) is 11.0. The number of rotatable bonds is 3. The van der Waals surface area contributed by atoms with Gasteiger partial charge in [0.1, 0.15) is 6.10 Å². The lowest BCUT2D eigenvalue weighted by molar-refractivity contribution is -0.130. The van der Waals surface area contributed by atoms with E-state index in [-0.39, 0.29) is 17.9 Å². The number of carbonyl (C=O) groups is 2. The van der Waals surface area contributed by atoms with Crippen LogP contribution in [0.5, 0.6) is 0 Å². The molecule has 1 saturated heterocycles.